The van der Waals surface area contributed by atoms with Crippen LogP contribution in [-0.2, 0) is 4.74 Å². The van der Waals surface area contributed by atoms with E-state index in [0.29, 0.717) is 5.41 Å². The minimum absolute atomic E-state index is 0.345. The minimum Gasteiger partial charge on any atom is -0.497 e. The SMILES string of the molecule is CN1CC2=C(CCC(OCCNCC(C)(C)C)=C2)C1. The molecule has 1 aliphatic heterocycles. The summed E-state index contributed by atoms with van der Waals surface area (Å²) in [6.45, 7) is 11.7. The maximum atomic E-state index is 5.89. The number of hydrogen-bond donors (Lipinski definition) is 1. The second-order valence-electron chi connectivity index (χ2n) is 7.00. The summed E-state index contributed by atoms with van der Waals surface area (Å²) >= 11 is 0. The van der Waals surface area contributed by atoms with E-state index in [2.05, 4.69) is 44.1 Å². The molecule has 1 aliphatic carbocycles. The summed E-state index contributed by atoms with van der Waals surface area (Å²) in [5, 5.41) is 3.45. The first-order valence-electron chi connectivity index (χ1n) is 7.37. The highest BCUT2D eigenvalue weighted by Gasteiger charge is 2.21. The summed E-state index contributed by atoms with van der Waals surface area (Å²) in [5.41, 5.74) is 3.45. The maximum Gasteiger partial charge on any atom is 0.100 e. The van der Waals surface area contributed by atoms with Gasteiger partial charge in [-0.25, -0.2) is 0 Å². The number of nitrogens with one attached hydrogen (secondary N) is 1. The van der Waals surface area contributed by atoms with Crippen LogP contribution in [0.1, 0.15) is 33.6 Å². The van der Waals surface area contributed by atoms with Crippen molar-refractivity contribution in [1.82, 2.24) is 10.2 Å². The molecule has 0 unspecified atom stereocenters. The van der Waals surface area contributed by atoms with Gasteiger partial charge in [0.1, 0.15) is 6.61 Å². The molecular formula is C16H28N2O. The Morgan fingerprint density at radius 2 is 2.05 bits per heavy atom. The number of nitrogens with zero attached hydrogens (tertiary/aromatic N) is 1. The van der Waals surface area contributed by atoms with Crippen LogP contribution in [0.5, 0.6) is 0 Å². The van der Waals surface area contributed by atoms with E-state index in [1.807, 2.05) is 0 Å². The largest absolute Gasteiger partial charge is 0.497 e. The van der Waals surface area contributed by atoms with Gasteiger partial charge in [-0.05, 0) is 30.5 Å². The van der Waals surface area contributed by atoms with E-state index >= 15 is 0 Å². The smallest absolute Gasteiger partial charge is 0.100 e. The third kappa shape index (κ3) is 4.66. The lowest BCUT2D eigenvalue weighted by molar-refractivity contribution is 0.197. The monoisotopic (exact) mass is 264 g/mol. The molecule has 3 heteroatoms. The molecular weight excluding hydrogens is 236 g/mol. The van der Waals surface area contributed by atoms with Crippen molar-refractivity contribution in [2.75, 3.05) is 39.8 Å². The molecule has 0 saturated carbocycles. The van der Waals surface area contributed by atoms with Crippen LogP contribution in [0.2, 0.25) is 0 Å². The van der Waals surface area contributed by atoms with Crippen molar-refractivity contribution in [3.05, 3.63) is 23.0 Å². The molecule has 0 saturated heterocycles. The molecule has 0 radical (unpaired) electrons. The Bertz CT molecular complexity index is 377. The predicted octanol–water partition coefficient (Wildman–Crippen LogP) is 2.56. The third-order valence-electron chi connectivity index (χ3n) is 3.59. The zero-order valence-electron chi connectivity index (χ0n) is 12.9. The number of hydrogen-bond acceptors (Lipinski definition) is 3. The van der Waals surface area contributed by atoms with Crippen molar-refractivity contribution in [1.29, 1.82) is 0 Å². The Balaban J connectivity index is 1.69. The average Bonchev–Trinajstić information content (AvgIpc) is 2.66. The fourth-order valence-corrected chi connectivity index (χ4v) is 2.65. The van der Waals surface area contributed by atoms with Gasteiger partial charge in [-0.15, -0.1) is 0 Å². The Labute approximate surface area is 117 Å². The Morgan fingerprint density at radius 3 is 2.79 bits per heavy atom. The maximum absolute atomic E-state index is 5.89. The second-order valence-corrected chi connectivity index (χ2v) is 7.00. The summed E-state index contributed by atoms with van der Waals surface area (Å²) in [4.78, 5) is 2.37. The van der Waals surface area contributed by atoms with Gasteiger partial charge in [-0.2, -0.15) is 0 Å². The molecule has 19 heavy (non-hydrogen) atoms. The Morgan fingerprint density at radius 1 is 1.26 bits per heavy atom. The van der Waals surface area contributed by atoms with Crippen LogP contribution in [0.3, 0.4) is 0 Å². The highest BCUT2D eigenvalue weighted by Crippen LogP contribution is 2.29. The van der Waals surface area contributed by atoms with Gasteiger partial charge in [0.25, 0.3) is 0 Å². The van der Waals surface area contributed by atoms with E-state index in [4.69, 9.17) is 4.74 Å². The highest BCUT2D eigenvalue weighted by atomic mass is 16.5. The molecule has 0 fully saturated rings. The van der Waals surface area contributed by atoms with E-state index in [9.17, 15) is 0 Å². The van der Waals surface area contributed by atoms with Crippen molar-refractivity contribution in [2.24, 2.45) is 5.41 Å². The number of ether oxygens (including phenoxy) is 1. The molecule has 108 valence electrons. The molecule has 0 atom stereocenters. The summed E-state index contributed by atoms with van der Waals surface area (Å²) in [7, 11) is 2.18. The molecule has 0 bridgehead atoms. The van der Waals surface area contributed by atoms with Crippen LogP contribution in [0.15, 0.2) is 23.0 Å². The number of likely N-dealkylation sites (N-methyl/N-ethyl adjacent to an activating group) is 1. The lowest BCUT2D eigenvalue weighted by Crippen LogP contribution is -2.29. The van der Waals surface area contributed by atoms with Gasteiger partial charge in [0, 0.05) is 32.6 Å². The molecule has 1 N–H and O–H groups in total. The summed E-state index contributed by atoms with van der Waals surface area (Å²) in [5.74, 6) is 1.17. The van der Waals surface area contributed by atoms with Crippen LogP contribution in [0.25, 0.3) is 0 Å². The van der Waals surface area contributed by atoms with Crippen molar-refractivity contribution < 1.29 is 4.74 Å². The first kappa shape index (κ1) is 14.6. The van der Waals surface area contributed by atoms with Gasteiger partial charge in [0.05, 0.1) is 5.76 Å². The van der Waals surface area contributed by atoms with Crippen LogP contribution in [0, 0.1) is 5.41 Å². The van der Waals surface area contributed by atoms with Crippen molar-refractivity contribution in [3.63, 3.8) is 0 Å². The first-order chi connectivity index (χ1) is 8.94. The molecule has 0 amide bonds. The molecule has 0 spiro atoms. The van der Waals surface area contributed by atoms with Gasteiger partial charge in [0.15, 0.2) is 0 Å². The third-order valence-corrected chi connectivity index (χ3v) is 3.59. The molecule has 2 aliphatic rings. The highest BCUT2D eigenvalue weighted by molar-refractivity contribution is 5.37. The van der Waals surface area contributed by atoms with Crippen molar-refractivity contribution in [3.8, 4) is 0 Å². The number of rotatable bonds is 5. The van der Waals surface area contributed by atoms with E-state index < -0.39 is 0 Å². The molecule has 1 heterocycles. The van der Waals surface area contributed by atoms with Crippen LogP contribution < -0.4 is 5.32 Å². The fraction of sp³-hybridized carbons (Fsp3) is 0.750. The topological polar surface area (TPSA) is 24.5 Å². The summed E-state index contributed by atoms with van der Waals surface area (Å²) < 4.78 is 5.89. The quantitative estimate of drug-likeness (QED) is 0.772. The van der Waals surface area contributed by atoms with E-state index in [-0.39, 0.29) is 0 Å². The predicted molar refractivity (Wildman–Crippen MR) is 80.1 cm³/mol. The van der Waals surface area contributed by atoms with Crippen LogP contribution in [0.4, 0.5) is 0 Å². The minimum atomic E-state index is 0.345. The Hall–Kier alpha value is -0.800. The first-order valence-corrected chi connectivity index (χ1v) is 7.37. The summed E-state index contributed by atoms with van der Waals surface area (Å²) in [6, 6.07) is 0. The molecule has 2 rings (SSSR count). The van der Waals surface area contributed by atoms with Crippen LogP contribution in [-0.4, -0.2) is 44.7 Å². The van der Waals surface area contributed by atoms with Crippen molar-refractivity contribution in [2.45, 2.75) is 33.6 Å². The number of allylic oxidation sites excluding steroid dienone is 1. The zero-order valence-corrected chi connectivity index (χ0v) is 12.9. The molecule has 3 nitrogen and oxygen atoms in total. The molecule has 0 aromatic rings. The van der Waals surface area contributed by atoms with E-state index in [1.54, 1.807) is 5.57 Å². The van der Waals surface area contributed by atoms with E-state index in [0.717, 1.165) is 39.2 Å². The van der Waals surface area contributed by atoms with Gasteiger partial charge in [-0.1, -0.05) is 26.3 Å². The van der Waals surface area contributed by atoms with E-state index in [1.165, 1.54) is 17.8 Å². The average molecular weight is 264 g/mol. The molecule has 0 aromatic carbocycles. The normalized spacial score (nSPS) is 20.5. The van der Waals surface area contributed by atoms with Crippen LogP contribution >= 0.6 is 0 Å². The lowest BCUT2D eigenvalue weighted by Gasteiger charge is -2.20. The van der Waals surface area contributed by atoms with Gasteiger partial charge < -0.3 is 10.1 Å². The van der Waals surface area contributed by atoms with Gasteiger partial charge in [0.2, 0.25) is 0 Å². The lowest BCUT2D eigenvalue weighted by atomic mass is 9.97. The standard InChI is InChI=1S/C16H28N2O/c1-16(2,3)12-17-7-8-19-15-6-5-13-10-18(4)11-14(13)9-15/h9,17H,5-8,10-12H2,1-4H3. The summed E-state index contributed by atoms with van der Waals surface area (Å²) in [6.07, 6.45) is 4.53. The second kappa shape index (κ2) is 6.10. The van der Waals surface area contributed by atoms with Gasteiger partial charge >= 0.3 is 0 Å². The van der Waals surface area contributed by atoms with Crippen molar-refractivity contribution >= 4 is 0 Å². The Kier molecular flexibility index (Phi) is 4.69. The molecule has 0 aromatic heterocycles. The van der Waals surface area contributed by atoms with Gasteiger partial charge in [-0.3, -0.25) is 4.90 Å². The zero-order chi connectivity index (χ0) is 13.9. The fourth-order valence-electron chi connectivity index (χ4n) is 2.65.